The summed E-state index contributed by atoms with van der Waals surface area (Å²) >= 11 is 0. The molecule has 14 nitrogen and oxygen atoms in total. The molecule has 0 spiro atoms. The molecule has 0 unspecified atom stereocenters. The molecule has 332 valence electrons. The first kappa shape index (κ1) is 55.3. The van der Waals surface area contributed by atoms with Crippen LogP contribution in [0, 0.1) is 0 Å². The van der Waals surface area contributed by atoms with Gasteiger partial charge in [-0.2, -0.15) is 0 Å². The minimum atomic E-state index is -2.70. The second-order valence-corrected chi connectivity index (χ2v) is 21.1. The Labute approximate surface area is 344 Å². The third-order valence-corrected chi connectivity index (χ3v) is 17.4. The highest BCUT2D eigenvalue weighted by atomic mass is 28.4. The molecular formula is C37H86N2O12Si4. The van der Waals surface area contributed by atoms with E-state index in [-0.39, 0.29) is 0 Å². The van der Waals surface area contributed by atoms with Crippen molar-refractivity contribution in [1.29, 1.82) is 0 Å². The smallest absolute Gasteiger partial charge is 0.379 e. The molecule has 0 saturated carbocycles. The van der Waals surface area contributed by atoms with E-state index in [2.05, 4.69) is 9.80 Å². The van der Waals surface area contributed by atoms with Crippen molar-refractivity contribution >= 4 is 37.1 Å². The van der Waals surface area contributed by atoms with Gasteiger partial charge in [0.25, 0.3) is 13.0 Å². The van der Waals surface area contributed by atoms with Gasteiger partial charge in [0.2, 0.25) is 0 Å². The normalized spacial score (nSPS) is 13.2. The summed E-state index contributed by atoms with van der Waals surface area (Å²) in [4.78, 5) is 5.22. The lowest BCUT2D eigenvalue weighted by Crippen LogP contribution is -2.46. The van der Waals surface area contributed by atoms with Crippen LogP contribution < -0.4 is 0 Å². The van der Waals surface area contributed by atoms with E-state index in [4.69, 9.17) is 54.4 Å². The van der Waals surface area contributed by atoms with E-state index in [9.17, 15) is 0 Å². The van der Waals surface area contributed by atoms with Crippen LogP contribution in [-0.2, 0) is 54.4 Å². The van der Waals surface area contributed by atoms with Crippen molar-refractivity contribution < 1.29 is 54.4 Å². The largest absolute Gasteiger partial charge is 0.500 e. The van der Waals surface area contributed by atoms with Crippen molar-refractivity contribution in [3.8, 4) is 0 Å². The van der Waals surface area contributed by atoms with Crippen molar-refractivity contribution in [1.82, 2.24) is 9.80 Å². The molecule has 0 aromatic rings. The zero-order valence-corrected chi connectivity index (χ0v) is 41.9. The Morgan fingerprint density at radius 3 is 0.909 bits per heavy atom. The molecule has 0 bridgehead atoms. The van der Waals surface area contributed by atoms with Gasteiger partial charge in [-0.25, -0.2) is 0 Å². The molecule has 0 heterocycles. The molecule has 0 atom stereocenters. The highest BCUT2D eigenvalue weighted by Crippen LogP contribution is 2.20. The summed E-state index contributed by atoms with van der Waals surface area (Å²) in [6.07, 6.45) is 5.18. The van der Waals surface area contributed by atoms with E-state index in [0.717, 1.165) is 95.5 Å². The van der Waals surface area contributed by atoms with E-state index in [1.54, 1.807) is 0 Å². The minimum absolute atomic E-state index is 0.536. The van der Waals surface area contributed by atoms with Gasteiger partial charge >= 0.3 is 17.6 Å². The van der Waals surface area contributed by atoms with Crippen molar-refractivity contribution in [2.45, 2.75) is 138 Å². The Kier molecular flexibility index (Phi) is 38.7. The maximum atomic E-state index is 6.17. The van der Waals surface area contributed by atoms with Crippen LogP contribution >= 0.6 is 0 Å². The highest BCUT2D eigenvalue weighted by Gasteiger charge is 2.40. The summed E-state index contributed by atoms with van der Waals surface area (Å²) in [6.45, 7) is 30.8. The van der Waals surface area contributed by atoms with Gasteiger partial charge in [-0.3, -0.25) is 0 Å². The average Bonchev–Trinajstić information content (AvgIpc) is 3.15. The molecule has 0 aromatic carbocycles. The van der Waals surface area contributed by atoms with Crippen LogP contribution in [0.15, 0.2) is 0 Å². The van der Waals surface area contributed by atoms with Crippen LogP contribution in [0.1, 0.15) is 101 Å². The zero-order valence-electron chi connectivity index (χ0n) is 37.0. The van der Waals surface area contributed by atoms with Gasteiger partial charge in [-0.15, -0.1) is 0 Å². The molecular weight excluding hydrogens is 777 g/mol. The number of ether oxygens (including phenoxy) is 4. The standard InChI is InChI=1S/C37H86N2O12Si4/c1-11-40-36(41-12-2)50-52-32-22-28-38(30-24-34-54(44-15-5,45-16-6)46-17-7)26-21-27-39(29-23-33-53-51-37(42-13-3)43-14-4)31-25-35-55(47-18-8,48-19-9)49-20-10/h36-37H,11-35,52-53H2,1-10H3. The maximum Gasteiger partial charge on any atom is 0.500 e. The van der Waals surface area contributed by atoms with Gasteiger partial charge in [-0.05, 0) is 153 Å². The van der Waals surface area contributed by atoms with E-state index >= 15 is 0 Å². The summed E-state index contributed by atoms with van der Waals surface area (Å²) < 4.78 is 71.4. The predicted octanol–water partition coefficient (Wildman–Crippen LogP) is 5.39. The summed E-state index contributed by atoms with van der Waals surface area (Å²) in [5.41, 5.74) is 0. The Hall–Kier alpha value is 0.308. The Morgan fingerprint density at radius 1 is 0.364 bits per heavy atom. The van der Waals surface area contributed by atoms with Gasteiger partial charge in [0.05, 0.1) is 0 Å². The van der Waals surface area contributed by atoms with Crippen molar-refractivity contribution in [3.63, 3.8) is 0 Å². The molecule has 0 fully saturated rings. The van der Waals surface area contributed by atoms with Gasteiger partial charge in [0, 0.05) is 78.2 Å². The molecule has 18 heteroatoms. The second kappa shape index (κ2) is 38.5. The molecule has 0 saturated heterocycles. The van der Waals surface area contributed by atoms with Crippen molar-refractivity contribution in [2.75, 3.05) is 105 Å². The molecule has 0 aliphatic heterocycles. The number of rotatable bonds is 44. The fourth-order valence-electron chi connectivity index (χ4n) is 6.30. The molecule has 0 aliphatic carbocycles. The molecule has 0 rings (SSSR count). The van der Waals surface area contributed by atoms with E-state index in [0.29, 0.717) is 66.1 Å². The predicted molar refractivity (Wildman–Crippen MR) is 230 cm³/mol. The van der Waals surface area contributed by atoms with E-state index in [1.165, 1.54) is 0 Å². The fraction of sp³-hybridized carbons (Fsp3) is 1.00. The summed E-state index contributed by atoms with van der Waals surface area (Å²) in [5, 5.41) is 0. The van der Waals surface area contributed by atoms with Crippen molar-refractivity contribution in [3.05, 3.63) is 0 Å². The number of hydrogen-bond acceptors (Lipinski definition) is 14. The Morgan fingerprint density at radius 2 is 0.636 bits per heavy atom. The lowest BCUT2D eigenvalue weighted by molar-refractivity contribution is -0.243. The summed E-state index contributed by atoms with van der Waals surface area (Å²) in [7, 11) is -6.92. The Bertz CT molecular complexity index is 713. The lowest BCUT2D eigenvalue weighted by Gasteiger charge is -2.31. The fourth-order valence-corrected chi connectivity index (χ4v) is 13.4. The first-order valence-electron chi connectivity index (χ1n) is 21.8. The molecule has 0 aliphatic rings. The lowest BCUT2D eigenvalue weighted by atomic mass is 10.2. The molecule has 55 heavy (non-hydrogen) atoms. The third kappa shape index (κ3) is 28.4. The monoisotopic (exact) mass is 863 g/mol. The topological polar surface area (TPSA) is 117 Å². The SMILES string of the molecule is CCOC(OCC)O[SiH2]CCCN(CCCN(CCC[SiH2]OC(OCC)OCC)CCC[Si](OCC)(OCC)OCC)CCC[Si](OCC)(OCC)OCC. The maximum absolute atomic E-state index is 6.17. The first-order valence-corrected chi connectivity index (χ1v) is 28.8. The molecule has 0 N–H and O–H groups in total. The average molecular weight is 863 g/mol. The summed E-state index contributed by atoms with van der Waals surface area (Å²) in [6, 6.07) is 3.77. The number of hydrogen-bond donors (Lipinski definition) is 0. The molecule has 0 aromatic heterocycles. The minimum Gasteiger partial charge on any atom is -0.379 e. The second-order valence-electron chi connectivity index (χ2n) is 12.8. The van der Waals surface area contributed by atoms with Crippen molar-refractivity contribution in [2.24, 2.45) is 0 Å². The molecule has 0 amide bonds. The van der Waals surface area contributed by atoms with Gasteiger partial charge in [-0.1, -0.05) is 0 Å². The highest BCUT2D eigenvalue weighted by molar-refractivity contribution is 6.61. The third-order valence-electron chi connectivity index (χ3n) is 8.51. The van der Waals surface area contributed by atoms with Gasteiger partial charge in [0.1, 0.15) is 0 Å². The first-order chi connectivity index (χ1) is 26.8. The van der Waals surface area contributed by atoms with Crippen LogP contribution in [0.25, 0.3) is 0 Å². The quantitative estimate of drug-likeness (QED) is 0.0443. The van der Waals surface area contributed by atoms with E-state index < -0.39 is 50.1 Å². The van der Waals surface area contributed by atoms with Crippen LogP contribution in [0.2, 0.25) is 24.2 Å². The van der Waals surface area contributed by atoms with Crippen LogP contribution in [0.3, 0.4) is 0 Å². The van der Waals surface area contributed by atoms with Gasteiger partial charge in [0.15, 0.2) is 19.5 Å². The Balaban J connectivity index is 5.62. The zero-order chi connectivity index (χ0) is 40.9. The van der Waals surface area contributed by atoms with Crippen LogP contribution in [0.4, 0.5) is 0 Å². The summed E-state index contributed by atoms with van der Waals surface area (Å²) in [5.74, 6) is 0. The van der Waals surface area contributed by atoms with Crippen LogP contribution in [0.5, 0.6) is 0 Å². The van der Waals surface area contributed by atoms with E-state index in [1.807, 2.05) is 69.2 Å². The molecule has 0 radical (unpaired) electrons. The van der Waals surface area contributed by atoms with Gasteiger partial charge < -0.3 is 64.2 Å². The number of nitrogens with zero attached hydrogens (tertiary/aromatic N) is 2. The van der Waals surface area contributed by atoms with Crippen LogP contribution in [-0.4, -0.2) is 165 Å².